The van der Waals surface area contributed by atoms with E-state index in [1.54, 1.807) is 18.5 Å². The summed E-state index contributed by atoms with van der Waals surface area (Å²) in [5.74, 6) is 0.726. The maximum absolute atomic E-state index is 11.8. The average Bonchev–Trinajstić information content (AvgIpc) is 2.38. The van der Waals surface area contributed by atoms with Crippen LogP contribution in [0.25, 0.3) is 0 Å². The first-order chi connectivity index (χ1) is 9.13. The first-order valence-corrected chi connectivity index (χ1v) is 6.97. The first kappa shape index (κ1) is 15.6. The molecule has 1 aromatic rings. The quantitative estimate of drug-likeness (QED) is 0.709. The third-order valence-corrected chi connectivity index (χ3v) is 3.04. The number of aliphatic hydroxyl groups is 1. The van der Waals surface area contributed by atoms with Gasteiger partial charge in [0.2, 0.25) is 5.91 Å². The van der Waals surface area contributed by atoms with Crippen molar-refractivity contribution in [1.82, 2.24) is 4.98 Å². The Bertz CT molecular complexity index is 391. The number of carbonyl (C=O) groups excluding carboxylic acids is 1. The van der Waals surface area contributed by atoms with Crippen molar-refractivity contribution in [3.8, 4) is 0 Å². The zero-order valence-corrected chi connectivity index (χ0v) is 11.9. The van der Waals surface area contributed by atoms with Gasteiger partial charge in [-0.3, -0.25) is 9.78 Å². The molecular weight excluding hydrogens is 240 g/mol. The Hall–Kier alpha value is -1.42. The number of pyridine rings is 1. The van der Waals surface area contributed by atoms with E-state index in [0.29, 0.717) is 17.7 Å². The highest BCUT2D eigenvalue weighted by molar-refractivity contribution is 5.91. The monoisotopic (exact) mass is 264 g/mol. The first-order valence-electron chi connectivity index (χ1n) is 6.97. The predicted molar refractivity (Wildman–Crippen MR) is 76.7 cm³/mol. The Kier molecular flexibility index (Phi) is 7.11. The van der Waals surface area contributed by atoms with Gasteiger partial charge in [0.25, 0.3) is 0 Å². The van der Waals surface area contributed by atoms with Crippen LogP contribution in [-0.4, -0.2) is 16.0 Å². The van der Waals surface area contributed by atoms with Crippen LogP contribution in [0.15, 0.2) is 18.5 Å². The average molecular weight is 264 g/mol. The van der Waals surface area contributed by atoms with Gasteiger partial charge in [-0.25, -0.2) is 0 Å². The molecule has 0 saturated carbocycles. The van der Waals surface area contributed by atoms with E-state index in [9.17, 15) is 4.79 Å². The van der Waals surface area contributed by atoms with Crippen LogP contribution in [0.2, 0.25) is 0 Å². The Morgan fingerprint density at radius 1 is 1.37 bits per heavy atom. The highest BCUT2D eigenvalue weighted by atomic mass is 16.3. The van der Waals surface area contributed by atoms with E-state index in [4.69, 9.17) is 5.11 Å². The van der Waals surface area contributed by atoms with Crippen molar-refractivity contribution in [3.05, 3.63) is 24.0 Å². The molecule has 106 valence electrons. The second-order valence-corrected chi connectivity index (χ2v) is 5.23. The summed E-state index contributed by atoms with van der Waals surface area (Å²) < 4.78 is 0. The summed E-state index contributed by atoms with van der Waals surface area (Å²) in [6.45, 7) is 4.34. The van der Waals surface area contributed by atoms with Gasteiger partial charge in [-0.1, -0.05) is 33.1 Å². The molecule has 0 bridgehead atoms. The van der Waals surface area contributed by atoms with E-state index < -0.39 is 0 Å². The van der Waals surface area contributed by atoms with Crippen LogP contribution in [0.4, 0.5) is 5.69 Å². The molecule has 0 spiro atoms. The van der Waals surface area contributed by atoms with Gasteiger partial charge < -0.3 is 10.4 Å². The van der Waals surface area contributed by atoms with Crippen molar-refractivity contribution < 1.29 is 9.90 Å². The number of amides is 1. The molecule has 0 saturated heterocycles. The van der Waals surface area contributed by atoms with E-state index in [-0.39, 0.29) is 12.5 Å². The summed E-state index contributed by atoms with van der Waals surface area (Å²) in [5, 5.41) is 11.9. The fourth-order valence-corrected chi connectivity index (χ4v) is 1.90. The van der Waals surface area contributed by atoms with Crippen LogP contribution in [-0.2, 0) is 11.4 Å². The van der Waals surface area contributed by atoms with E-state index in [0.717, 1.165) is 18.8 Å². The highest BCUT2D eigenvalue weighted by Crippen LogP contribution is 2.14. The molecule has 2 N–H and O–H groups in total. The molecule has 0 fully saturated rings. The Morgan fingerprint density at radius 3 is 2.84 bits per heavy atom. The maximum Gasteiger partial charge on any atom is 0.224 e. The summed E-state index contributed by atoms with van der Waals surface area (Å²) >= 11 is 0. The zero-order chi connectivity index (χ0) is 14.1. The van der Waals surface area contributed by atoms with E-state index in [1.807, 2.05) is 0 Å². The minimum Gasteiger partial charge on any atom is -0.392 e. The Balaban J connectivity index is 2.27. The molecule has 0 aliphatic carbocycles. The largest absolute Gasteiger partial charge is 0.392 e. The number of anilines is 1. The van der Waals surface area contributed by atoms with Crippen LogP contribution in [0.3, 0.4) is 0 Å². The van der Waals surface area contributed by atoms with Crippen molar-refractivity contribution in [3.63, 3.8) is 0 Å². The lowest BCUT2D eigenvalue weighted by molar-refractivity contribution is -0.116. The number of rotatable bonds is 8. The summed E-state index contributed by atoms with van der Waals surface area (Å²) in [7, 11) is 0. The summed E-state index contributed by atoms with van der Waals surface area (Å²) in [4.78, 5) is 15.7. The lowest BCUT2D eigenvalue weighted by Gasteiger charge is -2.08. The summed E-state index contributed by atoms with van der Waals surface area (Å²) in [6.07, 6.45) is 8.10. The Labute approximate surface area is 115 Å². The number of nitrogens with one attached hydrogen (secondary N) is 1. The number of nitrogens with zero attached hydrogens (tertiary/aromatic N) is 1. The molecule has 0 radical (unpaired) electrons. The molecule has 1 heterocycles. The summed E-state index contributed by atoms with van der Waals surface area (Å²) in [6, 6.07) is 1.71. The van der Waals surface area contributed by atoms with Gasteiger partial charge in [-0.15, -0.1) is 0 Å². The van der Waals surface area contributed by atoms with Gasteiger partial charge in [0.05, 0.1) is 18.5 Å². The smallest absolute Gasteiger partial charge is 0.224 e. The lowest BCUT2D eigenvalue weighted by Crippen LogP contribution is -2.13. The number of hydrogen-bond donors (Lipinski definition) is 2. The molecule has 4 nitrogen and oxygen atoms in total. The van der Waals surface area contributed by atoms with Crippen LogP contribution < -0.4 is 5.32 Å². The Morgan fingerprint density at radius 2 is 2.16 bits per heavy atom. The van der Waals surface area contributed by atoms with Gasteiger partial charge in [0.15, 0.2) is 0 Å². The fraction of sp³-hybridized carbons (Fsp3) is 0.600. The number of hydrogen-bond acceptors (Lipinski definition) is 3. The van der Waals surface area contributed by atoms with Gasteiger partial charge in [-0.05, 0) is 18.4 Å². The van der Waals surface area contributed by atoms with E-state index in [2.05, 4.69) is 24.1 Å². The fourth-order valence-electron chi connectivity index (χ4n) is 1.90. The molecule has 0 aromatic carbocycles. The van der Waals surface area contributed by atoms with Crippen molar-refractivity contribution in [2.75, 3.05) is 5.32 Å². The van der Waals surface area contributed by atoms with Gasteiger partial charge in [-0.2, -0.15) is 0 Å². The van der Waals surface area contributed by atoms with Crippen LogP contribution in [0.1, 0.15) is 51.5 Å². The van der Waals surface area contributed by atoms with E-state index >= 15 is 0 Å². The standard InChI is InChI=1S/C15H24N2O2/c1-12(2)6-4-3-5-7-15(19)17-14-10-16-9-8-13(14)11-18/h8-10,12,18H,3-7,11H2,1-2H3,(H,17,19). The predicted octanol–water partition coefficient (Wildman–Crippen LogP) is 3.12. The zero-order valence-electron chi connectivity index (χ0n) is 11.9. The number of aromatic nitrogens is 1. The number of unbranched alkanes of at least 4 members (excludes halogenated alkanes) is 2. The molecule has 1 amide bonds. The van der Waals surface area contributed by atoms with Crippen LogP contribution in [0.5, 0.6) is 0 Å². The second kappa shape index (κ2) is 8.64. The molecule has 1 rings (SSSR count). The molecule has 4 heteroatoms. The maximum atomic E-state index is 11.8. The van der Waals surface area contributed by atoms with Gasteiger partial charge in [0.1, 0.15) is 0 Å². The molecule has 0 aliphatic rings. The lowest BCUT2D eigenvalue weighted by atomic mass is 10.0. The van der Waals surface area contributed by atoms with E-state index in [1.165, 1.54) is 12.8 Å². The van der Waals surface area contributed by atoms with Gasteiger partial charge in [0, 0.05) is 18.2 Å². The number of aliphatic hydroxyl groups excluding tert-OH is 1. The molecular formula is C15H24N2O2. The summed E-state index contributed by atoms with van der Waals surface area (Å²) in [5.41, 5.74) is 1.31. The van der Waals surface area contributed by atoms with Crippen LogP contribution >= 0.6 is 0 Å². The van der Waals surface area contributed by atoms with Crippen molar-refractivity contribution in [2.24, 2.45) is 5.92 Å². The van der Waals surface area contributed by atoms with Gasteiger partial charge >= 0.3 is 0 Å². The topological polar surface area (TPSA) is 62.2 Å². The second-order valence-electron chi connectivity index (χ2n) is 5.23. The number of carbonyl (C=O) groups is 1. The normalized spacial score (nSPS) is 10.7. The third kappa shape index (κ3) is 6.34. The van der Waals surface area contributed by atoms with Crippen LogP contribution in [0, 0.1) is 5.92 Å². The third-order valence-electron chi connectivity index (χ3n) is 3.04. The SMILES string of the molecule is CC(C)CCCCCC(=O)Nc1cnccc1CO. The van der Waals surface area contributed by atoms with Crippen molar-refractivity contribution >= 4 is 11.6 Å². The minimum absolute atomic E-state index is 0.00718. The highest BCUT2D eigenvalue weighted by Gasteiger charge is 2.06. The van der Waals surface area contributed by atoms with Crippen molar-refractivity contribution in [1.29, 1.82) is 0 Å². The molecule has 0 atom stereocenters. The molecule has 0 unspecified atom stereocenters. The molecule has 0 aliphatic heterocycles. The molecule has 19 heavy (non-hydrogen) atoms. The molecule has 1 aromatic heterocycles. The minimum atomic E-state index is -0.0908. The van der Waals surface area contributed by atoms with Crippen molar-refractivity contribution in [2.45, 2.75) is 52.6 Å².